The molecule has 2 amide bonds. The van der Waals surface area contributed by atoms with Crippen LogP contribution in [0.15, 0.2) is 29.3 Å². The molecule has 2 rings (SSSR count). The number of aliphatic imine (C=N–C) groups is 1. The Morgan fingerprint density at radius 3 is 2.52 bits per heavy atom. The summed E-state index contributed by atoms with van der Waals surface area (Å²) < 4.78 is 0. The summed E-state index contributed by atoms with van der Waals surface area (Å²) in [5.41, 5.74) is 6.74. The Hall–Kier alpha value is -1.84. The van der Waals surface area contributed by atoms with E-state index in [1.54, 1.807) is 12.1 Å². The molecule has 1 fully saturated rings. The number of nitrogens with two attached hydrogens (primary N) is 1. The highest BCUT2D eigenvalue weighted by Gasteiger charge is 2.27. The Morgan fingerprint density at radius 2 is 1.96 bits per heavy atom. The first kappa shape index (κ1) is 23.2. The molecule has 7 nitrogen and oxygen atoms in total. The Labute approximate surface area is 178 Å². The van der Waals surface area contributed by atoms with Crippen LogP contribution in [-0.4, -0.2) is 48.3 Å². The number of guanidine groups is 1. The van der Waals surface area contributed by atoms with Crippen LogP contribution in [0, 0.1) is 5.92 Å². The van der Waals surface area contributed by atoms with Gasteiger partial charge in [0.15, 0.2) is 5.96 Å². The Morgan fingerprint density at radius 1 is 1.30 bits per heavy atom. The quantitative estimate of drug-likeness (QED) is 0.323. The number of nitrogens with zero attached hydrogens (tertiary/aromatic N) is 2. The van der Waals surface area contributed by atoms with Crippen molar-refractivity contribution in [2.75, 3.05) is 19.6 Å². The average Bonchev–Trinajstić information content (AvgIpc) is 3.07. The summed E-state index contributed by atoms with van der Waals surface area (Å²) in [5, 5.41) is 6.65. The monoisotopic (exact) mass is 487 g/mol. The van der Waals surface area contributed by atoms with Gasteiger partial charge in [-0.05, 0) is 31.0 Å². The van der Waals surface area contributed by atoms with Crippen LogP contribution in [0.3, 0.4) is 0 Å². The van der Waals surface area contributed by atoms with E-state index in [4.69, 9.17) is 5.73 Å². The molecule has 8 heteroatoms. The summed E-state index contributed by atoms with van der Waals surface area (Å²) in [6.45, 7) is 8.61. The van der Waals surface area contributed by atoms with Crippen molar-refractivity contribution in [3.63, 3.8) is 0 Å². The molecule has 1 unspecified atom stereocenters. The molecule has 0 radical (unpaired) electrons. The van der Waals surface area contributed by atoms with Gasteiger partial charge in [0, 0.05) is 37.2 Å². The maximum atomic E-state index is 12.1. The molecule has 1 aliphatic heterocycles. The van der Waals surface area contributed by atoms with Crippen molar-refractivity contribution in [3.8, 4) is 0 Å². The van der Waals surface area contributed by atoms with Crippen LogP contribution < -0.4 is 16.4 Å². The lowest BCUT2D eigenvalue weighted by atomic mass is 10.1. The van der Waals surface area contributed by atoms with E-state index in [0.29, 0.717) is 18.7 Å². The van der Waals surface area contributed by atoms with Gasteiger partial charge < -0.3 is 21.3 Å². The van der Waals surface area contributed by atoms with Crippen LogP contribution in [0.1, 0.15) is 43.1 Å². The number of amides is 2. The van der Waals surface area contributed by atoms with Crippen LogP contribution in [0.5, 0.6) is 0 Å². The van der Waals surface area contributed by atoms with Crippen molar-refractivity contribution in [1.82, 2.24) is 15.5 Å². The molecule has 0 aromatic heterocycles. The molecule has 4 N–H and O–H groups in total. The highest BCUT2D eigenvalue weighted by molar-refractivity contribution is 14.0. The number of nitrogens with one attached hydrogen (secondary N) is 2. The van der Waals surface area contributed by atoms with Crippen LogP contribution in [-0.2, 0) is 11.3 Å². The fourth-order valence-corrected chi connectivity index (χ4v) is 2.90. The van der Waals surface area contributed by atoms with Crippen molar-refractivity contribution < 1.29 is 9.59 Å². The Bertz CT molecular complexity index is 661. The lowest BCUT2D eigenvalue weighted by Crippen LogP contribution is -2.45. The topological polar surface area (TPSA) is 99.8 Å². The maximum absolute atomic E-state index is 12.1. The number of hydrogen-bond acceptors (Lipinski definition) is 3. The minimum Gasteiger partial charge on any atom is -0.366 e. The molecule has 1 saturated heterocycles. The second kappa shape index (κ2) is 11.1. The Balaban J connectivity index is 0.00000364. The van der Waals surface area contributed by atoms with E-state index in [1.807, 2.05) is 37.8 Å². The van der Waals surface area contributed by atoms with Gasteiger partial charge in [-0.3, -0.25) is 9.59 Å². The molecule has 0 saturated carbocycles. The summed E-state index contributed by atoms with van der Waals surface area (Å²) in [6.07, 6.45) is 0.913. The second-order valence-corrected chi connectivity index (χ2v) is 6.83. The SMILES string of the molecule is CCNC(=NCc1ccc(C(N)=O)cc1)NC1CCN(C(=O)C(C)C)C1.I. The molecule has 150 valence electrons. The molecule has 1 aromatic rings. The predicted molar refractivity (Wildman–Crippen MR) is 118 cm³/mol. The van der Waals surface area contributed by atoms with Gasteiger partial charge in [-0.25, -0.2) is 4.99 Å². The molecule has 0 aliphatic carbocycles. The normalized spacial score (nSPS) is 16.8. The van der Waals surface area contributed by atoms with Crippen molar-refractivity contribution in [1.29, 1.82) is 0 Å². The first-order valence-corrected chi connectivity index (χ1v) is 9.13. The predicted octanol–water partition coefficient (Wildman–Crippen LogP) is 1.72. The van der Waals surface area contributed by atoms with Crippen molar-refractivity contribution in [2.45, 2.75) is 39.8 Å². The Kier molecular flexibility index (Phi) is 9.54. The largest absolute Gasteiger partial charge is 0.366 e. The highest BCUT2D eigenvalue weighted by atomic mass is 127. The zero-order chi connectivity index (χ0) is 19.1. The summed E-state index contributed by atoms with van der Waals surface area (Å²) in [7, 11) is 0. The first-order valence-electron chi connectivity index (χ1n) is 9.13. The van der Waals surface area contributed by atoms with Crippen LogP contribution >= 0.6 is 24.0 Å². The van der Waals surface area contributed by atoms with Gasteiger partial charge >= 0.3 is 0 Å². The number of primary amides is 1. The number of benzene rings is 1. The summed E-state index contributed by atoms with van der Waals surface area (Å²) in [5.74, 6) is 0.525. The van der Waals surface area contributed by atoms with Gasteiger partial charge in [-0.1, -0.05) is 26.0 Å². The van der Waals surface area contributed by atoms with E-state index < -0.39 is 5.91 Å². The first-order chi connectivity index (χ1) is 12.4. The lowest BCUT2D eigenvalue weighted by Gasteiger charge is -2.20. The number of rotatable bonds is 6. The van der Waals surface area contributed by atoms with E-state index in [2.05, 4.69) is 15.6 Å². The van der Waals surface area contributed by atoms with Gasteiger partial charge in [-0.2, -0.15) is 0 Å². The number of carbonyl (C=O) groups is 2. The van der Waals surface area contributed by atoms with Gasteiger partial charge in [0.25, 0.3) is 0 Å². The van der Waals surface area contributed by atoms with Crippen LogP contribution in [0.25, 0.3) is 0 Å². The zero-order valence-electron chi connectivity index (χ0n) is 16.2. The van der Waals surface area contributed by atoms with E-state index in [9.17, 15) is 9.59 Å². The number of hydrogen-bond donors (Lipinski definition) is 3. The molecule has 0 bridgehead atoms. The van der Waals surface area contributed by atoms with E-state index in [0.717, 1.165) is 31.0 Å². The maximum Gasteiger partial charge on any atom is 0.248 e. The number of carbonyl (C=O) groups excluding carboxylic acids is 2. The van der Waals surface area contributed by atoms with E-state index in [-0.39, 0.29) is 41.8 Å². The highest BCUT2D eigenvalue weighted by Crippen LogP contribution is 2.13. The van der Waals surface area contributed by atoms with Crippen LogP contribution in [0.2, 0.25) is 0 Å². The van der Waals surface area contributed by atoms with Crippen molar-refractivity contribution >= 4 is 41.8 Å². The van der Waals surface area contributed by atoms with E-state index in [1.165, 1.54) is 0 Å². The summed E-state index contributed by atoms with van der Waals surface area (Å²) >= 11 is 0. The minimum absolute atomic E-state index is 0. The lowest BCUT2D eigenvalue weighted by molar-refractivity contribution is -0.133. The molecule has 1 aromatic carbocycles. The molecular weight excluding hydrogens is 457 g/mol. The molecule has 1 aliphatic rings. The smallest absolute Gasteiger partial charge is 0.248 e. The number of halogens is 1. The minimum atomic E-state index is -0.434. The average molecular weight is 487 g/mol. The van der Waals surface area contributed by atoms with Gasteiger partial charge in [0.1, 0.15) is 0 Å². The summed E-state index contributed by atoms with van der Waals surface area (Å²) in [4.78, 5) is 29.7. The van der Waals surface area contributed by atoms with Gasteiger partial charge in [-0.15, -0.1) is 24.0 Å². The van der Waals surface area contributed by atoms with Crippen LogP contribution in [0.4, 0.5) is 0 Å². The number of likely N-dealkylation sites (tertiary alicyclic amines) is 1. The molecule has 1 atom stereocenters. The molecule has 27 heavy (non-hydrogen) atoms. The fraction of sp³-hybridized carbons (Fsp3) is 0.526. The fourth-order valence-electron chi connectivity index (χ4n) is 2.90. The third-order valence-electron chi connectivity index (χ3n) is 4.34. The van der Waals surface area contributed by atoms with E-state index >= 15 is 0 Å². The van der Waals surface area contributed by atoms with Gasteiger partial charge in [0.05, 0.1) is 6.54 Å². The third-order valence-corrected chi connectivity index (χ3v) is 4.34. The molecule has 0 spiro atoms. The molecule has 1 heterocycles. The third kappa shape index (κ3) is 7.00. The van der Waals surface area contributed by atoms with Crippen molar-refractivity contribution in [3.05, 3.63) is 35.4 Å². The molecular formula is C19H30IN5O2. The second-order valence-electron chi connectivity index (χ2n) is 6.83. The van der Waals surface area contributed by atoms with Gasteiger partial charge in [0.2, 0.25) is 11.8 Å². The van der Waals surface area contributed by atoms with Crippen molar-refractivity contribution in [2.24, 2.45) is 16.6 Å². The standard InChI is InChI=1S/C19H29N5O2.HI/c1-4-21-19(22-11-14-5-7-15(8-6-14)17(20)25)23-16-9-10-24(12-16)18(26)13(2)3;/h5-8,13,16H,4,9-12H2,1-3H3,(H2,20,25)(H2,21,22,23);1H. The zero-order valence-corrected chi connectivity index (χ0v) is 18.5. The summed E-state index contributed by atoms with van der Waals surface area (Å²) in [6, 6.07) is 7.32.